The van der Waals surface area contributed by atoms with Gasteiger partial charge < -0.3 is 4.74 Å². The van der Waals surface area contributed by atoms with E-state index in [-0.39, 0.29) is 12.1 Å². The van der Waals surface area contributed by atoms with Crippen molar-refractivity contribution in [2.75, 3.05) is 0 Å². The second-order valence-electron chi connectivity index (χ2n) is 8.40. The van der Waals surface area contributed by atoms with Crippen LogP contribution in [0.15, 0.2) is 48.5 Å². The summed E-state index contributed by atoms with van der Waals surface area (Å²) in [6.07, 6.45) is 4.47. The molecule has 2 aromatic carbocycles. The van der Waals surface area contributed by atoms with Crippen molar-refractivity contribution >= 4 is 5.97 Å². The van der Waals surface area contributed by atoms with E-state index in [1.54, 1.807) is 0 Å². The standard InChI is InChI=1S/C25H32O2/c1-5-19-7-9-20(10-8-19)21-11-13-22(14-12-21)25(26)27-24-16-18(4)6-15-23(24)17(2)3/h7-14,17-18,23-24H,5-6,15-16H2,1-4H3/t18-,23+,24-/m0/s1. The van der Waals surface area contributed by atoms with E-state index in [1.807, 2.05) is 24.3 Å². The fourth-order valence-electron chi connectivity index (χ4n) is 4.19. The van der Waals surface area contributed by atoms with Crippen molar-refractivity contribution in [3.63, 3.8) is 0 Å². The maximum absolute atomic E-state index is 12.7. The molecule has 1 aliphatic carbocycles. The SMILES string of the molecule is CCc1ccc(-c2ccc(C(=O)O[C@H]3C[C@@H](C)CC[C@@H]3C(C)C)cc2)cc1. The zero-order chi connectivity index (χ0) is 19.4. The van der Waals surface area contributed by atoms with Crippen molar-refractivity contribution in [2.45, 2.75) is 59.5 Å². The van der Waals surface area contributed by atoms with Gasteiger partial charge >= 0.3 is 5.97 Å². The number of carbonyl (C=O) groups excluding carboxylic acids is 1. The lowest BCUT2D eigenvalue weighted by Gasteiger charge is -2.36. The Morgan fingerprint density at radius 2 is 1.59 bits per heavy atom. The van der Waals surface area contributed by atoms with Gasteiger partial charge in [0.15, 0.2) is 0 Å². The highest BCUT2D eigenvalue weighted by atomic mass is 16.5. The number of rotatable bonds is 5. The van der Waals surface area contributed by atoms with Crippen LogP contribution in [0, 0.1) is 17.8 Å². The van der Waals surface area contributed by atoms with E-state index in [0.717, 1.165) is 24.8 Å². The average Bonchev–Trinajstić information content (AvgIpc) is 2.68. The van der Waals surface area contributed by atoms with Gasteiger partial charge in [-0.05, 0) is 65.8 Å². The molecule has 0 amide bonds. The Bertz CT molecular complexity index is 743. The summed E-state index contributed by atoms with van der Waals surface area (Å²) in [7, 11) is 0. The molecule has 3 rings (SSSR count). The Kier molecular flexibility index (Phi) is 6.36. The molecule has 0 unspecified atom stereocenters. The summed E-state index contributed by atoms with van der Waals surface area (Å²) in [4.78, 5) is 12.7. The molecule has 0 heterocycles. The molecular formula is C25H32O2. The van der Waals surface area contributed by atoms with Gasteiger partial charge in [-0.25, -0.2) is 4.79 Å². The molecule has 1 saturated carbocycles. The highest BCUT2D eigenvalue weighted by Crippen LogP contribution is 2.35. The van der Waals surface area contributed by atoms with E-state index in [0.29, 0.717) is 23.3 Å². The molecule has 2 aromatic rings. The van der Waals surface area contributed by atoms with E-state index >= 15 is 0 Å². The highest BCUT2D eigenvalue weighted by Gasteiger charge is 2.33. The van der Waals surface area contributed by atoms with Gasteiger partial charge in [0.1, 0.15) is 6.10 Å². The molecule has 144 valence electrons. The summed E-state index contributed by atoms with van der Waals surface area (Å²) in [5, 5.41) is 0. The van der Waals surface area contributed by atoms with Gasteiger partial charge in [0, 0.05) is 0 Å². The van der Waals surface area contributed by atoms with Gasteiger partial charge in [-0.2, -0.15) is 0 Å². The predicted molar refractivity (Wildman–Crippen MR) is 112 cm³/mol. The smallest absolute Gasteiger partial charge is 0.338 e. The summed E-state index contributed by atoms with van der Waals surface area (Å²) in [5.41, 5.74) is 4.28. The minimum atomic E-state index is -0.187. The minimum Gasteiger partial charge on any atom is -0.458 e. The normalized spacial score (nSPS) is 22.6. The highest BCUT2D eigenvalue weighted by molar-refractivity contribution is 5.90. The molecule has 3 atom stereocenters. The first kappa shape index (κ1) is 19.7. The fourth-order valence-corrected chi connectivity index (χ4v) is 4.19. The first-order valence-corrected chi connectivity index (χ1v) is 10.4. The molecule has 0 radical (unpaired) electrons. The maximum atomic E-state index is 12.7. The van der Waals surface area contributed by atoms with Crippen LogP contribution in [0.25, 0.3) is 11.1 Å². The number of ether oxygens (including phenoxy) is 1. The molecule has 0 N–H and O–H groups in total. The third-order valence-corrected chi connectivity index (χ3v) is 6.04. The van der Waals surface area contributed by atoms with Crippen LogP contribution in [-0.4, -0.2) is 12.1 Å². The summed E-state index contributed by atoms with van der Waals surface area (Å²) in [5.74, 6) is 1.46. The second-order valence-corrected chi connectivity index (χ2v) is 8.40. The Labute approximate surface area is 164 Å². The molecule has 2 heteroatoms. The van der Waals surface area contributed by atoms with Crippen molar-refractivity contribution in [3.05, 3.63) is 59.7 Å². The number of benzene rings is 2. The first-order valence-electron chi connectivity index (χ1n) is 10.4. The van der Waals surface area contributed by atoms with E-state index in [2.05, 4.69) is 52.0 Å². The quantitative estimate of drug-likeness (QED) is 0.564. The Balaban J connectivity index is 1.69. The van der Waals surface area contributed by atoms with E-state index < -0.39 is 0 Å². The third-order valence-electron chi connectivity index (χ3n) is 6.04. The lowest BCUT2D eigenvalue weighted by atomic mass is 9.75. The minimum absolute atomic E-state index is 0.0440. The average molecular weight is 365 g/mol. The number of carbonyl (C=O) groups is 1. The van der Waals surface area contributed by atoms with E-state index in [4.69, 9.17) is 4.74 Å². The topological polar surface area (TPSA) is 26.3 Å². The summed E-state index contributed by atoms with van der Waals surface area (Å²) in [6.45, 7) is 8.89. The number of esters is 1. The van der Waals surface area contributed by atoms with Crippen LogP contribution in [-0.2, 0) is 11.2 Å². The van der Waals surface area contributed by atoms with Crippen LogP contribution in [0.3, 0.4) is 0 Å². The largest absolute Gasteiger partial charge is 0.458 e. The third kappa shape index (κ3) is 4.80. The zero-order valence-corrected chi connectivity index (χ0v) is 17.1. The van der Waals surface area contributed by atoms with Gasteiger partial charge in [0.25, 0.3) is 0 Å². The number of hydrogen-bond acceptors (Lipinski definition) is 2. The second kappa shape index (κ2) is 8.73. The number of hydrogen-bond donors (Lipinski definition) is 0. The van der Waals surface area contributed by atoms with E-state index in [1.165, 1.54) is 17.5 Å². The van der Waals surface area contributed by atoms with Gasteiger partial charge in [0.05, 0.1) is 5.56 Å². The molecule has 0 aromatic heterocycles. The van der Waals surface area contributed by atoms with E-state index in [9.17, 15) is 4.79 Å². The lowest BCUT2D eigenvalue weighted by Crippen LogP contribution is -2.35. The molecule has 0 aliphatic heterocycles. The predicted octanol–water partition coefficient (Wildman–Crippen LogP) is 6.53. The first-order chi connectivity index (χ1) is 13.0. The van der Waals surface area contributed by atoms with Crippen LogP contribution in [0.1, 0.15) is 62.9 Å². The van der Waals surface area contributed by atoms with Gasteiger partial charge in [-0.1, -0.05) is 70.5 Å². The van der Waals surface area contributed by atoms with Gasteiger partial charge in [-0.15, -0.1) is 0 Å². The molecule has 27 heavy (non-hydrogen) atoms. The molecule has 2 nitrogen and oxygen atoms in total. The maximum Gasteiger partial charge on any atom is 0.338 e. The summed E-state index contributed by atoms with van der Waals surface area (Å²) < 4.78 is 5.96. The van der Waals surface area contributed by atoms with Crippen LogP contribution in [0.5, 0.6) is 0 Å². The molecule has 0 saturated heterocycles. The van der Waals surface area contributed by atoms with Gasteiger partial charge in [0.2, 0.25) is 0 Å². The molecule has 0 bridgehead atoms. The van der Waals surface area contributed by atoms with Crippen LogP contribution in [0.2, 0.25) is 0 Å². The lowest BCUT2D eigenvalue weighted by molar-refractivity contribution is -0.0174. The monoisotopic (exact) mass is 364 g/mol. The Morgan fingerprint density at radius 3 is 2.15 bits per heavy atom. The van der Waals surface area contributed by atoms with Crippen molar-refractivity contribution < 1.29 is 9.53 Å². The molecule has 1 fully saturated rings. The van der Waals surface area contributed by atoms with Crippen molar-refractivity contribution in [3.8, 4) is 11.1 Å². The van der Waals surface area contributed by atoms with Crippen LogP contribution in [0.4, 0.5) is 0 Å². The van der Waals surface area contributed by atoms with Crippen molar-refractivity contribution in [1.29, 1.82) is 0 Å². The molecular weight excluding hydrogens is 332 g/mol. The van der Waals surface area contributed by atoms with Gasteiger partial charge in [-0.3, -0.25) is 0 Å². The zero-order valence-electron chi connectivity index (χ0n) is 17.1. The Morgan fingerprint density at radius 1 is 1.00 bits per heavy atom. The molecule has 0 spiro atoms. The summed E-state index contributed by atoms with van der Waals surface area (Å²) in [6, 6.07) is 16.4. The Hall–Kier alpha value is -2.09. The van der Waals surface area contributed by atoms with Crippen LogP contribution >= 0.6 is 0 Å². The number of aryl methyl sites for hydroxylation is 1. The fraction of sp³-hybridized carbons (Fsp3) is 0.480. The van der Waals surface area contributed by atoms with Crippen molar-refractivity contribution in [2.24, 2.45) is 17.8 Å². The summed E-state index contributed by atoms with van der Waals surface area (Å²) >= 11 is 0. The molecule has 1 aliphatic rings. The van der Waals surface area contributed by atoms with Crippen LogP contribution < -0.4 is 0 Å². The van der Waals surface area contributed by atoms with Crippen molar-refractivity contribution in [1.82, 2.24) is 0 Å².